The summed E-state index contributed by atoms with van der Waals surface area (Å²) in [6.45, 7) is 2.30. The molecule has 0 aliphatic heterocycles. The van der Waals surface area contributed by atoms with Gasteiger partial charge in [-0.2, -0.15) is 0 Å². The van der Waals surface area contributed by atoms with Crippen LogP contribution >= 0.6 is 0 Å². The van der Waals surface area contributed by atoms with Gasteiger partial charge in [0.1, 0.15) is 0 Å². The van der Waals surface area contributed by atoms with E-state index in [1.807, 2.05) is 0 Å². The quantitative estimate of drug-likeness (QED) is 0.462. The molecule has 9 heteroatoms. The third-order valence-electron chi connectivity index (χ3n) is 2.48. The number of rotatable bonds is 8. The normalized spacial score (nSPS) is 13.5. The van der Waals surface area contributed by atoms with Crippen LogP contribution in [0.25, 0.3) is 0 Å². The van der Waals surface area contributed by atoms with E-state index >= 15 is 0 Å². The van der Waals surface area contributed by atoms with Crippen LogP contribution in [-0.2, 0) is 11.3 Å². The number of amides is 2. The van der Waals surface area contributed by atoms with E-state index in [1.165, 1.54) is 6.92 Å². The van der Waals surface area contributed by atoms with E-state index in [0.717, 1.165) is 0 Å². The number of aromatic nitrogens is 3. The lowest BCUT2D eigenvalue weighted by atomic mass is 10.0. The summed E-state index contributed by atoms with van der Waals surface area (Å²) in [7, 11) is 0. The molecule has 1 unspecified atom stereocenters. The van der Waals surface area contributed by atoms with Crippen molar-refractivity contribution in [2.75, 3.05) is 13.1 Å². The zero-order valence-electron chi connectivity index (χ0n) is 11.2. The van der Waals surface area contributed by atoms with E-state index in [-0.39, 0.29) is 6.54 Å². The van der Waals surface area contributed by atoms with Gasteiger partial charge in [0, 0.05) is 25.8 Å². The molecule has 1 heterocycles. The largest absolute Gasteiger partial charge is 0.481 e. The standard InChI is InChI=1S/C11H19N5O4/c1-11(20,7-9(17)18)8-13-10(19)12-3-2-5-16-6-4-14-15-16/h4,6,20H,2-3,5,7-8H2,1H3,(H,17,18)(H2,12,13,19). The molecule has 0 spiro atoms. The third kappa shape index (κ3) is 6.69. The first-order chi connectivity index (χ1) is 9.39. The third-order valence-corrected chi connectivity index (χ3v) is 2.48. The van der Waals surface area contributed by atoms with E-state index in [1.54, 1.807) is 17.1 Å². The molecule has 1 rings (SSSR count). The Hall–Kier alpha value is -2.16. The van der Waals surface area contributed by atoms with Crippen molar-refractivity contribution in [1.29, 1.82) is 0 Å². The van der Waals surface area contributed by atoms with Gasteiger partial charge in [-0.1, -0.05) is 5.21 Å². The van der Waals surface area contributed by atoms with Crippen molar-refractivity contribution in [3.05, 3.63) is 12.4 Å². The van der Waals surface area contributed by atoms with E-state index in [9.17, 15) is 14.7 Å². The maximum absolute atomic E-state index is 11.4. The second-order valence-electron chi connectivity index (χ2n) is 4.70. The van der Waals surface area contributed by atoms with E-state index in [2.05, 4.69) is 20.9 Å². The molecule has 0 radical (unpaired) electrons. The van der Waals surface area contributed by atoms with Crippen molar-refractivity contribution >= 4 is 12.0 Å². The number of aliphatic hydroxyl groups is 1. The molecular weight excluding hydrogens is 266 g/mol. The average Bonchev–Trinajstić information content (AvgIpc) is 2.84. The Morgan fingerprint density at radius 3 is 2.75 bits per heavy atom. The van der Waals surface area contributed by atoms with Crippen LogP contribution in [0.15, 0.2) is 12.4 Å². The fourth-order valence-electron chi connectivity index (χ4n) is 1.52. The molecule has 0 saturated carbocycles. The lowest BCUT2D eigenvalue weighted by Gasteiger charge is -2.21. The minimum absolute atomic E-state index is 0.131. The van der Waals surface area contributed by atoms with Crippen LogP contribution in [0.1, 0.15) is 19.8 Å². The lowest BCUT2D eigenvalue weighted by molar-refractivity contribution is -0.141. The molecule has 20 heavy (non-hydrogen) atoms. The highest BCUT2D eigenvalue weighted by Gasteiger charge is 2.24. The van der Waals surface area contributed by atoms with Crippen LogP contribution in [0.4, 0.5) is 4.79 Å². The molecule has 0 bridgehead atoms. The van der Waals surface area contributed by atoms with Crippen molar-refractivity contribution in [3.8, 4) is 0 Å². The maximum Gasteiger partial charge on any atom is 0.314 e. The van der Waals surface area contributed by atoms with Gasteiger partial charge in [-0.25, -0.2) is 4.79 Å². The Bertz CT molecular complexity index is 432. The number of hydrogen-bond donors (Lipinski definition) is 4. The molecule has 112 valence electrons. The zero-order valence-corrected chi connectivity index (χ0v) is 11.2. The van der Waals surface area contributed by atoms with Gasteiger partial charge in [0.15, 0.2) is 0 Å². The van der Waals surface area contributed by atoms with Gasteiger partial charge in [-0.15, -0.1) is 5.10 Å². The summed E-state index contributed by atoms with van der Waals surface area (Å²) < 4.78 is 1.65. The molecule has 1 aromatic rings. The van der Waals surface area contributed by atoms with Crippen LogP contribution in [-0.4, -0.2) is 55.9 Å². The number of carbonyl (C=O) groups is 2. The average molecular weight is 285 g/mol. The van der Waals surface area contributed by atoms with Gasteiger partial charge >= 0.3 is 12.0 Å². The summed E-state index contributed by atoms with van der Waals surface area (Å²) in [4.78, 5) is 21.9. The first kappa shape index (κ1) is 15.9. The number of aliphatic carboxylic acids is 1. The first-order valence-electron chi connectivity index (χ1n) is 6.19. The molecule has 1 atom stereocenters. The number of aryl methyl sites for hydroxylation is 1. The van der Waals surface area contributed by atoms with E-state index < -0.39 is 24.0 Å². The van der Waals surface area contributed by atoms with Gasteiger partial charge < -0.3 is 20.8 Å². The number of carbonyl (C=O) groups excluding carboxylic acids is 1. The molecule has 0 aromatic carbocycles. The van der Waals surface area contributed by atoms with Crippen molar-refractivity contribution < 1.29 is 19.8 Å². The molecule has 9 nitrogen and oxygen atoms in total. The number of nitrogens with one attached hydrogen (secondary N) is 2. The molecule has 0 saturated heterocycles. The van der Waals surface area contributed by atoms with Crippen LogP contribution in [0.5, 0.6) is 0 Å². The Morgan fingerprint density at radius 1 is 1.40 bits per heavy atom. The van der Waals surface area contributed by atoms with Crippen LogP contribution in [0, 0.1) is 0 Å². The summed E-state index contributed by atoms with van der Waals surface area (Å²) in [6.07, 6.45) is 3.55. The molecule has 0 aliphatic carbocycles. The van der Waals surface area contributed by atoms with Crippen LogP contribution in [0.3, 0.4) is 0 Å². The minimum Gasteiger partial charge on any atom is -0.481 e. The van der Waals surface area contributed by atoms with Crippen molar-refractivity contribution in [1.82, 2.24) is 25.6 Å². The Labute approximate surface area is 116 Å². The van der Waals surface area contributed by atoms with Crippen molar-refractivity contribution in [3.63, 3.8) is 0 Å². The van der Waals surface area contributed by atoms with E-state index in [4.69, 9.17) is 5.11 Å². The summed E-state index contributed by atoms with van der Waals surface area (Å²) in [5, 5.41) is 30.7. The van der Waals surface area contributed by atoms with Gasteiger partial charge in [-0.3, -0.25) is 9.48 Å². The van der Waals surface area contributed by atoms with E-state index in [0.29, 0.717) is 19.5 Å². The topological polar surface area (TPSA) is 129 Å². The Balaban J connectivity index is 2.12. The van der Waals surface area contributed by atoms with Crippen molar-refractivity contribution in [2.45, 2.75) is 31.9 Å². The van der Waals surface area contributed by atoms with Crippen LogP contribution in [0.2, 0.25) is 0 Å². The number of urea groups is 1. The predicted octanol–water partition coefficient (Wildman–Crippen LogP) is -0.807. The smallest absolute Gasteiger partial charge is 0.314 e. The highest BCUT2D eigenvalue weighted by molar-refractivity contribution is 5.74. The number of carboxylic acids is 1. The number of hydrogen-bond acceptors (Lipinski definition) is 5. The maximum atomic E-state index is 11.4. The predicted molar refractivity (Wildman–Crippen MR) is 68.9 cm³/mol. The van der Waals surface area contributed by atoms with Gasteiger partial charge in [-0.05, 0) is 13.3 Å². The molecule has 4 N–H and O–H groups in total. The summed E-state index contributed by atoms with van der Waals surface area (Å²) in [5.41, 5.74) is -1.47. The minimum atomic E-state index is -1.47. The molecule has 0 aliphatic rings. The van der Waals surface area contributed by atoms with Gasteiger partial charge in [0.25, 0.3) is 0 Å². The highest BCUT2D eigenvalue weighted by Crippen LogP contribution is 2.06. The van der Waals surface area contributed by atoms with Gasteiger partial charge in [0.05, 0.1) is 18.2 Å². The molecule has 2 amide bonds. The summed E-state index contributed by atoms with van der Waals surface area (Å²) in [6, 6.07) is -0.450. The second-order valence-corrected chi connectivity index (χ2v) is 4.70. The number of nitrogens with zero attached hydrogens (tertiary/aromatic N) is 3. The molecule has 0 fully saturated rings. The first-order valence-corrected chi connectivity index (χ1v) is 6.19. The fourth-order valence-corrected chi connectivity index (χ4v) is 1.52. The van der Waals surface area contributed by atoms with Crippen molar-refractivity contribution in [2.24, 2.45) is 0 Å². The lowest BCUT2D eigenvalue weighted by Crippen LogP contribution is -2.46. The van der Waals surface area contributed by atoms with Crippen LogP contribution < -0.4 is 10.6 Å². The Morgan fingerprint density at radius 2 is 2.15 bits per heavy atom. The second kappa shape index (κ2) is 7.43. The monoisotopic (exact) mass is 285 g/mol. The molecule has 1 aromatic heterocycles. The number of carboxylic acid groups (broad SMARTS) is 1. The highest BCUT2D eigenvalue weighted by atomic mass is 16.4. The summed E-state index contributed by atoms with van der Waals surface area (Å²) in [5.74, 6) is -1.12. The molecular formula is C11H19N5O4. The van der Waals surface area contributed by atoms with Gasteiger partial charge in [0.2, 0.25) is 0 Å². The fraction of sp³-hybridized carbons (Fsp3) is 0.636. The SMILES string of the molecule is CC(O)(CNC(=O)NCCCn1ccnn1)CC(=O)O. The Kier molecular flexibility index (Phi) is 5.91. The zero-order chi connectivity index (χ0) is 15.0. The summed E-state index contributed by atoms with van der Waals surface area (Å²) >= 11 is 0.